The van der Waals surface area contributed by atoms with Crippen molar-refractivity contribution in [2.24, 2.45) is 5.41 Å². The lowest BCUT2D eigenvalue weighted by atomic mass is 9.83. The molecule has 0 spiro atoms. The second-order valence-electron chi connectivity index (χ2n) is 3.62. The molecule has 0 saturated heterocycles. The molecule has 0 aromatic heterocycles. The van der Waals surface area contributed by atoms with Crippen LogP contribution in [0.15, 0.2) is 23.1 Å². The van der Waals surface area contributed by atoms with Gasteiger partial charge in [0.1, 0.15) is 0 Å². The van der Waals surface area contributed by atoms with Gasteiger partial charge in [-0.3, -0.25) is 4.21 Å². The maximum Gasteiger partial charge on any atom is 0.0841 e. The van der Waals surface area contributed by atoms with Crippen LogP contribution in [0.4, 0.5) is 0 Å². The van der Waals surface area contributed by atoms with Gasteiger partial charge in [-0.1, -0.05) is 26.0 Å². The van der Waals surface area contributed by atoms with Gasteiger partial charge < -0.3 is 9.29 Å². The van der Waals surface area contributed by atoms with E-state index >= 15 is 0 Å². The molecule has 74 valence electrons. The van der Waals surface area contributed by atoms with Crippen molar-refractivity contribution in [1.82, 2.24) is 0 Å². The molecule has 0 aromatic carbocycles. The molecule has 0 radical (unpaired) electrons. The van der Waals surface area contributed by atoms with E-state index in [-0.39, 0.29) is 11.5 Å². The topological polar surface area (TPSA) is 49.4 Å². The molecule has 0 bridgehead atoms. The molecule has 4 heteroatoms. The van der Waals surface area contributed by atoms with Crippen LogP contribution in [0.1, 0.15) is 13.8 Å². The summed E-state index contributed by atoms with van der Waals surface area (Å²) in [5, 5.41) is 0. The Morgan fingerprint density at radius 3 is 2.62 bits per heavy atom. The van der Waals surface area contributed by atoms with Gasteiger partial charge in [-0.15, -0.1) is 0 Å². The Labute approximate surface area is 80.8 Å². The van der Waals surface area contributed by atoms with Crippen LogP contribution in [0, 0.1) is 5.41 Å². The summed E-state index contributed by atoms with van der Waals surface area (Å²) in [6.07, 6.45) is 5.00. The second-order valence-corrected chi connectivity index (χ2v) is 4.56. The van der Waals surface area contributed by atoms with Gasteiger partial charge >= 0.3 is 0 Å². The van der Waals surface area contributed by atoms with E-state index in [0.717, 1.165) is 0 Å². The van der Waals surface area contributed by atoms with Gasteiger partial charge in [-0.25, -0.2) is 0 Å². The largest absolute Gasteiger partial charge is 0.768 e. The van der Waals surface area contributed by atoms with Crippen LogP contribution < -0.4 is 0 Å². The normalized spacial score (nSPS) is 28.3. The predicted octanol–water partition coefficient (Wildman–Crippen LogP) is 1.36. The summed E-state index contributed by atoms with van der Waals surface area (Å²) in [5.74, 6) is 0. The Kier molecular flexibility index (Phi) is 3.05. The zero-order valence-electron chi connectivity index (χ0n) is 7.94. The smallest absolute Gasteiger partial charge is 0.0841 e. The van der Waals surface area contributed by atoms with Crippen molar-refractivity contribution in [3.05, 3.63) is 23.1 Å². The molecule has 1 aliphatic rings. The molecule has 0 aliphatic heterocycles. The zero-order chi connectivity index (χ0) is 10.1. The monoisotopic (exact) mass is 201 g/mol. The maximum absolute atomic E-state index is 10.7. The van der Waals surface area contributed by atoms with Gasteiger partial charge in [0.25, 0.3) is 0 Å². The molecule has 0 saturated carbocycles. The third kappa shape index (κ3) is 2.27. The third-order valence-corrected chi connectivity index (χ3v) is 2.77. The molecule has 0 fully saturated rings. The number of hydrogen-bond acceptors (Lipinski definition) is 3. The van der Waals surface area contributed by atoms with E-state index in [2.05, 4.69) is 0 Å². The first-order valence-corrected chi connectivity index (χ1v) is 5.08. The van der Waals surface area contributed by atoms with Crippen molar-refractivity contribution >= 4 is 11.1 Å². The Bertz CT molecular complexity index is 279. The highest BCUT2D eigenvalue weighted by Gasteiger charge is 2.28. The van der Waals surface area contributed by atoms with E-state index in [1.165, 1.54) is 0 Å². The number of ether oxygens (including phenoxy) is 1. The quantitative estimate of drug-likeness (QED) is 0.634. The van der Waals surface area contributed by atoms with E-state index < -0.39 is 11.1 Å². The molecule has 13 heavy (non-hydrogen) atoms. The number of hydrogen-bond donors (Lipinski definition) is 0. The molecule has 0 heterocycles. The number of methoxy groups -OCH3 is 1. The average molecular weight is 201 g/mol. The van der Waals surface area contributed by atoms with Gasteiger partial charge in [0, 0.05) is 17.4 Å². The Hall–Kier alpha value is -0.450. The van der Waals surface area contributed by atoms with Crippen molar-refractivity contribution in [1.29, 1.82) is 0 Å². The lowest BCUT2D eigenvalue weighted by molar-refractivity contribution is 0.0672. The minimum atomic E-state index is -2.15. The van der Waals surface area contributed by atoms with Crippen molar-refractivity contribution in [3.8, 4) is 0 Å². The standard InChI is InChI=1S/C9H14O3S/c1-9(2)6-7(13(10)11)4-5-8(9)12-3/h4-6,8H,1-3H3,(H,10,11)/p-1. The van der Waals surface area contributed by atoms with Crippen molar-refractivity contribution in [2.75, 3.05) is 7.11 Å². The highest BCUT2D eigenvalue weighted by Crippen LogP contribution is 2.31. The summed E-state index contributed by atoms with van der Waals surface area (Å²) >= 11 is -2.15. The van der Waals surface area contributed by atoms with Crippen molar-refractivity contribution in [2.45, 2.75) is 20.0 Å². The number of allylic oxidation sites excluding steroid dienone is 1. The lowest BCUT2D eigenvalue weighted by Gasteiger charge is -2.32. The Morgan fingerprint density at radius 1 is 1.62 bits per heavy atom. The van der Waals surface area contributed by atoms with E-state index in [1.54, 1.807) is 25.3 Å². The van der Waals surface area contributed by atoms with E-state index in [4.69, 9.17) is 4.74 Å². The fourth-order valence-electron chi connectivity index (χ4n) is 1.41. The minimum Gasteiger partial charge on any atom is -0.768 e. The molecule has 1 rings (SSSR count). The number of rotatable bonds is 2. The first-order valence-electron chi connectivity index (χ1n) is 4.00. The van der Waals surface area contributed by atoms with Crippen LogP contribution >= 0.6 is 0 Å². The van der Waals surface area contributed by atoms with Gasteiger partial charge in [0.15, 0.2) is 0 Å². The molecular formula is C9H13O3S-. The fourth-order valence-corrected chi connectivity index (χ4v) is 2.00. The molecule has 2 unspecified atom stereocenters. The van der Waals surface area contributed by atoms with Gasteiger partial charge in [0.2, 0.25) is 0 Å². The summed E-state index contributed by atoms with van der Waals surface area (Å²) in [7, 11) is 1.61. The van der Waals surface area contributed by atoms with Crippen LogP contribution in [0.3, 0.4) is 0 Å². The Morgan fingerprint density at radius 2 is 2.23 bits per heavy atom. The molecule has 0 aromatic rings. The summed E-state index contributed by atoms with van der Waals surface area (Å²) < 4.78 is 26.6. The summed E-state index contributed by atoms with van der Waals surface area (Å²) in [5.41, 5.74) is -0.265. The van der Waals surface area contributed by atoms with Crippen molar-refractivity contribution in [3.63, 3.8) is 0 Å². The minimum absolute atomic E-state index is 0.0557. The summed E-state index contributed by atoms with van der Waals surface area (Å²) in [4.78, 5) is 0.332. The Balaban J connectivity index is 2.94. The first kappa shape index (κ1) is 10.6. The van der Waals surface area contributed by atoms with E-state index in [1.807, 2.05) is 13.8 Å². The van der Waals surface area contributed by atoms with Gasteiger partial charge in [-0.05, 0) is 17.2 Å². The highest BCUT2D eigenvalue weighted by molar-refractivity contribution is 7.83. The first-order chi connectivity index (χ1) is 5.97. The molecule has 0 amide bonds. The fraction of sp³-hybridized carbons (Fsp3) is 0.556. The van der Waals surface area contributed by atoms with Crippen LogP contribution in [0.2, 0.25) is 0 Å². The predicted molar refractivity (Wildman–Crippen MR) is 50.7 cm³/mol. The van der Waals surface area contributed by atoms with Crippen LogP contribution in [-0.2, 0) is 15.8 Å². The lowest BCUT2D eigenvalue weighted by Crippen LogP contribution is -2.30. The molecular weight excluding hydrogens is 188 g/mol. The maximum atomic E-state index is 10.7. The molecule has 2 atom stereocenters. The highest BCUT2D eigenvalue weighted by atomic mass is 32.2. The SMILES string of the molecule is COC1C=CC(S(=O)[O-])=CC1(C)C. The van der Waals surface area contributed by atoms with Gasteiger partial charge in [-0.2, -0.15) is 0 Å². The second kappa shape index (κ2) is 3.74. The summed E-state index contributed by atoms with van der Waals surface area (Å²) in [6.45, 7) is 3.88. The zero-order valence-corrected chi connectivity index (χ0v) is 8.76. The van der Waals surface area contributed by atoms with Gasteiger partial charge in [0.05, 0.1) is 6.10 Å². The average Bonchev–Trinajstić information content (AvgIpc) is 2.02. The van der Waals surface area contributed by atoms with E-state index in [9.17, 15) is 8.76 Å². The van der Waals surface area contributed by atoms with Crippen LogP contribution in [-0.4, -0.2) is 22.0 Å². The third-order valence-electron chi connectivity index (χ3n) is 2.13. The molecule has 3 nitrogen and oxygen atoms in total. The molecule has 1 aliphatic carbocycles. The van der Waals surface area contributed by atoms with Crippen molar-refractivity contribution < 1.29 is 13.5 Å². The van der Waals surface area contributed by atoms with Crippen LogP contribution in [0.5, 0.6) is 0 Å². The van der Waals surface area contributed by atoms with Crippen LogP contribution in [0.25, 0.3) is 0 Å². The van der Waals surface area contributed by atoms with E-state index in [0.29, 0.717) is 4.91 Å². The summed E-state index contributed by atoms with van der Waals surface area (Å²) in [6, 6.07) is 0. The molecule has 0 N–H and O–H groups in total.